The van der Waals surface area contributed by atoms with Crippen LogP contribution in [0.3, 0.4) is 0 Å². The molecule has 3 rings (SSSR count). The first kappa shape index (κ1) is 22.3. The molecular weight excluding hydrogens is 450 g/mol. The molecule has 0 saturated heterocycles. The van der Waals surface area contributed by atoms with E-state index >= 15 is 0 Å². The Labute approximate surface area is 183 Å². The maximum atomic E-state index is 12.7. The lowest BCUT2D eigenvalue weighted by molar-refractivity contribution is 0.0692. The minimum absolute atomic E-state index is 0.0879. The van der Waals surface area contributed by atoms with Crippen LogP contribution in [-0.2, 0) is 16.4 Å². The molecular formula is C19H20ClN3O5S2. The van der Waals surface area contributed by atoms with Crippen LogP contribution >= 0.6 is 22.9 Å². The smallest absolute Gasteiger partial charge is 0.289 e. The van der Waals surface area contributed by atoms with Gasteiger partial charge in [0.25, 0.3) is 15.9 Å². The van der Waals surface area contributed by atoms with Crippen molar-refractivity contribution < 1.29 is 22.7 Å². The third kappa shape index (κ3) is 5.20. The van der Waals surface area contributed by atoms with E-state index in [1.807, 2.05) is 0 Å². The molecule has 0 radical (unpaired) electrons. The van der Waals surface area contributed by atoms with E-state index in [-0.39, 0.29) is 34.8 Å². The number of amides is 1. The topological polar surface area (TPSA) is 113 Å². The number of aromatic nitrogens is 1. The average molecular weight is 470 g/mol. The summed E-state index contributed by atoms with van der Waals surface area (Å²) in [5.74, 6) is -0.145. The maximum absolute atomic E-state index is 12.7. The van der Waals surface area contributed by atoms with Crippen molar-refractivity contribution in [2.75, 3.05) is 24.4 Å². The van der Waals surface area contributed by atoms with Gasteiger partial charge in [0.15, 0.2) is 10.9 Å². The fraction of sp³-hybridized carbons (Fsp3) is 0.263. The minimum atomic E-state index is -3.83. The fourth-order valence-electron chi connectivity index (χ4n) is 2.76. The number of nitrogens with zero attached hydrogens (tertiary/aromatic N) is 2. The molecule has 0 aliphatic heterocycles. The van der Waals surface area contributed by atoms with Gasteiger partial charge < -0.3 is 14.4 Å². The summed E-state index contributed by atoms with van der Waals surface area (Å²) in [6.45, 7) is 1.89. The summed E-state index contributed by atoms with van der Waals surface area (Å²) in [5.41, 5.74) is 1.08. The summed E-state index contributed by atoms with van der Waals surface area (Å²) in [5, 5.41) is 11.5. The Morgan fingerprint density at radius 1 is 1.30 bits per heavy atom. The lowest BCUT2D eigenvalue weighted by Gasteiger charge is -2.20. The van der Waals surface area contributed by atoms with Crippen LogP contribution < -0.4 is 4.72 Å². The van der Waals surface area contributed by atoms with E-state index in [1.54, 1.807) is 36.6 Å². The molecule has 30 heavy (non-hydrogen) atoms. The molecule has 8 nitrogen and oxygen atoms in total. The molecule has 0 bridgehead atoms. The zero-order valence-electron chi connectivity index (χ0n) is 16.0. The number of furan rings is 1. The number of aliphatic hydroxyl groups is 1. The molecule has 1 amide bonds. The van der Waals surface area contributed by atoms with Crippen molar-refractivity contribution in [3.8, 4) is 0 Å². The van der Waals surface area contributed by atoms with Crippen LogP contribution in [0.2, 0.25) is 5.02 Å². The van der Waals surface area contributed by atoms with Gasteiger partial charge in [0.05, 0.1) is 23.5 Å². The number of hydrogen-bond acceptors (Lipinski definition) is 7. The van der Waals surface area contributed by atoms with E-state index in [4.69, 9.17) is 16.0 Å². The minimum Gasteiger partial charge on any atom is -0.459 e. The van der Waals surface area contributed by atoms with Gasteiger partial charge in [-0.25, -0.2) is 13.4 Å². The molecule has 3 aromatic rings. The summed E-state index contributed by atoms with van der Waals surface area (Å²) >= 11 is 7.17. The fourth-order valence-corrected chi connectivity index (χ4v) is 5.26. The highest BCUT2D eigenvalue weighted by Crippen LogP contribution is 2.26. The second-order valence-electron chi connectivity index (χ2n) is 6.36. The third-order valence-electron chi connectivity index (χ3n) is 4.31. The number of anilines is 1. The van der Waals surface area contributed by atoms with Gasteiger partial charge >= 0.3 is 0 Å². The SMILES string of the molecule is Cc1c(Cl)cccc1S(=O)(=O)Nc1nc(CCN(CCO)C(=O)c2ccco2)cs1. The van der Waals surface area contributed by atoms with Crippen molar-refractivity contribution in [2.24, 2.45) is 0 Å². The highest BCUT2D eigenvalue weighted by atomic mass is 35.5. The van der Waals surface area contributed by atoms with Crippen LogP contribution in [0, 0.1) is 6.92 Å². The van der Waals surface area contributed by atoms with Gasteiger partial charge in [0.2, 0.25) is 0 Å². The molecule has 1 aromatic carbocycles. The van der Waals surface area contributed by atoms with Crippen molar-refractivity contribution in [1.29, 1.82) is 0 Å². The second kappa shape index (κ2) is 9.61. The lowest BCUT2D eigenvalue weighted by Crippen LogP contribution is -2.35. The molecule has 0 spiro atoms. The van der Waals surface area contributed by atoms with Gasteiger partial charge in [-0.1, -0.05) is 17.7 Å². The van der Waals surface area contributed by atoms with Crippen molar-refractivity contribution in [3.63, 3.8) is 0 Å². The Hall–Kier alpha value is -2.40. The lowest BCUT2D eigenvalue weighted by atomic mass is 10.2. The zero-order chi connectivity index (χ0) is 21.7. The van der Waals surface area contributed by atoms with Crippen LogP contribution in [0.15, 0.2) is 51.3 Å². The van der Waals surface area contributed by atoms with Crippen LogP contribution in [-0.4, -0.2) is 49.0 Å². The van der Waals surface area contributed by atoms with Crippen LogP contribution in [0.1, 0.15) is 21.8 Å². The van der Waals surface area contributed by atoms with Gasteiger partial charge in [-0.15, -0.1) is 11.3 Å². The molecule has 160 valence electrons. The van der Waals surface area contributed by atoms with E-state index in [2.05, 4.69) is 9.71 Å². The first-order valence-electron chi connectivity index (χ1n) is 8.98. The van der Waals surface area contributed by atoms with E-state index in [0.717, 1.165) is 11.3 Å². The number of hydrogen-bond donors (Lipinski definition) is 2. The van der Waals surface area contributed by atoms with E-state index in [1.165, 1.54) is 17.2 Å². The number of thiazole rings is 1. The summed E-state index contributed by atoms with van der Waals surface area (Å²) in [6.07, 6.45) is 1.80. The molecule has 0 saturated carbocycles. The number of halogens is 1. The summed E-state index contributed by atoms with van der Waals surface area (Å²) in [6, 6.07) is 7.85. The van der Waals surface area contributed by atoms with Gasteiger partial charge in [0, 0.05) is 29.9 Å². The molecule has 0 aliphatic rings. The average Bonchev–Trinajstić information content (AvgIpc) is 3.38. The Balaban J connectivity index is 1.67. The Morgan fingerprint density at radius 2 is 2.10 bits per heavy atom. The number of carbonyl (C=O) groups is 1. The number of aliphatic hydroxyl groups excluding tert-OH is 1. The van der Waals surface area contributed by atoms with Gasteiger partial charge in [0.1, 0.15) is 0 Å². The highest BCUT2D eigenvalue weighted by Gasteiger charge is 2.21. The van der Waals surface area contributed by atoms with E-state index in [9.17, 15) is 18.3 Å². The Bertz CT molecular complexity index is 1110. The third-order valence-corrected chi connectivity index (χ3v) is 7.14. The normalized spacial score (nSPS) is 11.4. The van der Waals surface area contributed by atoms with Gasteiger partial charge in [-0.05, 0) is 36.8 Å². The van der Waals surface area contributed by atoms with Gasteiger partial charge in [-0.2, -0.15) is 0 Å². The van der Waals surface area contributed by atoms with Crippen molar-refractivity contribution in [2.45, 2.75) is 18.2 Å². The number of benzene rings is 1. The molecule has 2 aromatic heterocycles. The van der Waals surface area contributed by atoms with Crippen molar-refractivity contribution in [1.82, 2.24) is 9.88 Å². The second-order valence-corrected chi connectivity index (χ2v) is 9.27. The predicted octanol–water partition coefficient (Wildman–Crippen LogP) is 3.18. The van der Waals surface area contributed by atoms with Crippen molar-refractivity contribution >= 4 is 44.0 Å². The summed E-state index contributed by atoms with van der Waals surface area (Å²) in [4.78, 5) is 18.3. The number of nitrogens with one attached hydrogen (secondary N) is 1. The van der Waals surface area contributed by atoms with Crippen LogP contribution in [0.4, 0.5) is 5.13 Å². The Morgan fingerprint density at radius 3 is 2.80 bits per heavy atom. The molecule has 2 N–H and O–H groups in total. The zero-order valence-corrected chi connectivity index (χ0v) is 18.4. The molecule has 0 atom stereocenters. The quantitative estimate of drug-likeness (QED) is 0.497. The van der Waals surface area contributed by atoms with E-state index < -0.39 is 10.0 Å². The monoisotopic (exact) mass is 469 g/mol. The molecule has 11 heteroatoms. The molecule has 0 fully saturated rings. The van der Waals surface area contributed by atoms with Crippen LogP contribution in [0.25, 0.3) is 0 Å². The molecule has 2 heterocycles. The number of carbonyl (C=O) groups excluding carboxylic acids is 1. The molecule has 0 unspecified atom stereocenters. The van der Waals surface area contributed by atoms with Crippen LogP contribution in [0.5, 0.6) is 0 Å². The van der Waals surface area contributed by atoms with Gasteiger partial charge in [-0.3, -0.25) is 9.52 Å². The first-order chi connectivity index (χ1) is 14.3. The predicted molar refractivity (Wildman–Crippen MR) is 115 cm³/mol. The largest absolute Gasteiger partial charge is 0.459 e. The van der Waals surface area contributed by atoms with E-state index in [0.29, 0.717) is 29.2 Å². The highest BCUT2D eigenvalue weighted by molar-refractivity contribution is 7.93. The van der Waals surface area contributed by atoms with Crippen molar-refractivity contribution in [3.05, 3.63) is 64.0 Å². The summed E-state index contributed by atoms with van der Waals surface area (Å²) < 4.78 is 32.9. The number of rotatable bonds is 9. The Kier molecular flexibility index (Phi) is 7.14. The number of sulfonamides is 1. The maximum Gasteiger partial charge on any atom is 0.289 e. The molecule has 0 aliphatic carbocycles. The summed E-state index contributed by atoms with van der Waals surface area (Å²) in [7, 11) is -3.83. The standard InChI is InChI=1S/C19H20ClN3O5S2/c1-13-15(20)4-2-6-17(13)30(26,27)22-19-21-14(12-29-19)7-8-23(9-10-24)18(25)16-5-3-11-28-16/h2-6,11-12,24H,7-10H2,1H3,(H,21,22). The first-order valence-corrected chi connectivity index (χ1v) is 11.7.